The number of ether oxygens (including phenoxy) is 1. The molecule has 4 N–H and O–H groups in total. The van der Waals surface area contributed by atoms with Crippen molar-refractivity contribution in [2.24, 2.45) is 11.7 Å². The number of nitrogens with zero attached hydrogens (tertiary/aromatic N) is 1. The van der Waals surface area contributed by atoms with E-state index in [0.29, 0.717) is 12.5 Å². The smallest absolute Gasteiger partial charge is 0.231 e. The van der Waals surface area contributed by atoms with E-state index < -0.39 is 0 Å². The molecule has 0 bridgehead atoms. The Kier molecular flexibility index (Phi) is 4.76. The van der Waals surface area contributed by atoms with Gasteiger partial charge in [0.2, 0.25) is 5.91 Å². The Balaban J connectivity index is 2.00. The van der Waals surface area contributed by atoms with E-state index in [1.165, 1.54) is 0 Å². The Morgan fingerprint density at radius 2 is 2.21 bits per heavy atom. The van der Waals surface area contributed by atoms with Crippen molar-refractivity contribution in [2.75, 3.05) is 32.0 Å². The molecule has 1 unspecified atom stereocenters. The summed E-state index contributed by atoms with van der Waals surface area (Å²) in [5.74, 6) is 0.165. The Morgan fingerprint density at radius 3 is 2.84 bits per heavy atom. The number of hydrogen-bond donors (Lipinski definition) is 2. The van der Waals surface area contributed by atoms with Gasteiger partial charge < -0.3 is 16.2 Å². The maximum Gasteiger partial charge on any atom is 0.231 e. The number of carbonyl (C=O) groups is 1. The molecular formula is C14H21N3O2. The minimum atomic E-state index is -0.312. The number of primary amides is 1. The number of nitrogen functional groups attached to an aromatic ring is 1. The second-order valence-electron chi connectivity index (χ2n) is 5.06. The Labute approximate surface area is 113 Å². The topological polar surface area (TPSA) is 81.6 Å². The van der Waals surface area contributed by atoms with Gasteiger partial charge in [-0.15, -0.1) is 0 Å². The van der Waals surface area contributed by atoms with Gasteiger partial charge in [-0.05, 0) is 24.0 Å². The molecule has 1 atom stereocenters. The lowest BCUT2D eigenvalue weighted by Gasteiger charge is -2.24. The van der Waals surface area contributed by atoms with Crippen LogP contribution in [0.15, 0.2) is 24.3 Å². The average Bonchev–Trinajstić information content (AvgIpc) is 2.84. The third-order valence-electron chi connectivity index (χ3n) is 3.37. The van der Waals surface area contributed by atoms with Gasteiger partial charge in [0, 0.05) is 25.4 Å². The minimum Gasteiger partial charge on any atom is -0.398 e. The predicted octanol–water partition coefficient (Wildman–Crippen LogP) is 0.593. The van der Waals surface area contributed by atoms with E-state index in [0.717, 1.165) is 37.4 Å². The zero-order valence-electron chi connectivity index (χ0n) is 11.0. The Hall–Kier alpha value is -1.59. The average molecular weight is 263 g/mol. The van der Waals surface area contributed by atoms with Gasteiger partial charge in [-0.25, -0.2) is 0 Å². The highest BCUT2D eigenvalue weighted by Crippen LogP contribution is 2.18. The Bertz CT molecular complexity index is 430. The number of para-hydroxylation sites is 1. The van der Waals surface area contributed by atoms with Crippen LogP contribution < -0.4 is 11.5 Å². The molecule has 0 saturated carbocycles. The molecule has 0 aliphatic carbocycles. The van der Waals surface area contributed by atoms with Gasteiger partial charge >= 0.3 is 0 Å². The molecule has 1 aromatic carbocycles. The molecule has 0 radical (unpaired) electrons. The van der Waals surface area contributed by atoms with Crippen LogP contribution in [0.2, 0.25) is 0 Å². The maximum atomic E-state index is 11.2. The van der Waals surface area contributed by atoms with Gasteiger partial charge in [-0.2, -0.15) is 0 Å². The van der Waals surface area contributed by atoms with Crippen molar-refractivity contribution in [3.63, 3.8) is 0 Å². The molecule has 5 heteroatoms. The molecule has 1 aliphatic rings. The molecular weight excluding hydrogens is 242 g/mol. The first-order valence-corrected chi connectivity index (χ1v) is 6.57. The lowest BCUT2D eigenvalue weighted by Crippen LogP contribution is -2.37. The summed E-state index contributed by atoms with van der Waals surface area (Å²) in [6.07, 6.45) is 1.04. The van der Waals surface area contributed by atoms with Crippen LogP contribution in [-0.2, 0) is 16.1 Å². The highest BCUT2D eigenvalue weighted by Gasteiger charge is 2.20. The standard InChI is InChI=1S/C14H21N3O2/c15-13-4-2-1-3-12(13)8-17(9-14(16)18)7-11-5-6-19-10-11/h1-4,11H,5-10,15H2,(H2,16,18). The van der Waals surface area contributed by atoms with E-state index in [9.17, 15) is 4.79 Å². The molecule has 19 heavy (non-hydrogen) atoms. The van der Waals surface area contributed by atoms with Gasteiger partial charge in [0.1, 0.15) is 0 Å². The van der Waals surface area contributed by atoms with Crippen molar-refractivity contribution in [3.05, 3.63) is 29.8 Å². The number of carbonyl (C=O) groups excluding carboxylic acids is 1. The first-order chi connectivity index (χ1) is 9.15. The highest BCUT2D eigenvalue weighted by atomic mass is 16.5. The lowest BCUT2D eigenvalue weighted by molar-refractivity contribution is -0.119. The number of anilines is 1. The molecule has 1 saturated heterocycles. The van der Waals surface area contributed by atoms with Crippen LogP contribution in [0.25, 0.3) is 0 Å². The zero-order valence-corrected chi connectivity index (χ0v) is 11.0. The quantitative estimate of drug-likeness (QED) is 0.736. The summed E-state index contributed by atoms with van der Waals surface area (Å²) in [4.78, 5) is 13.2. The van der Waals surface area contributed by atoms with Gasteiger partial charge in [0.05, 0.1) is 13.2 Å². The van der Waals surface area contributed by atoms with Crippen LogP contribution >= 0.6 is 0 Å². The first-order valence-electron chi connectivity index (χ1n) is 6.57. The fourth-order valence-electron chi connectivity index (χ4n) is 2.42. The molecule has 1 amide bonds. The summed E-state index contributed by atoms with van der Waals surface area (Å²) in [5.41, 5.74) is 13.0. The SMILES string of the molecule is NC(=O)CN(Cc1ccccc1N)CC1CCOC1. The molecule has 1 fully saturated rings. The van der Waals surface area contributed by atoms with Crippen LogP contribution in [0.1, 0.15) is 12.0 Å². The van der Waals surface area contributed by atoms with Crippen molar-refractivity contribution in [1.29, 1.82) is 0 Å². The number of rotatable bonds is 6. The van der Waals surface area contributed by atoms with E-state index >= 15 is 0 Å². The summed E-state index contributed by atoms with van der Waals surface area (Å²) in [6.45, 7) is 3.29. The summed E-state index contributed by atoms with van der Waals surface area (Å²) in [7, 11) is 0. The fraction of sp³-hybridized carbons (Fsp3) is 0.500. The monoisotopic (exact) mass is 263 g/mol. The van der Waals surface area contributed by atoms with Gasteiger partial charge in [-0.3, -0.25) is 9.69 Å². The number of benzene rings is 1. The summed E-state index contributed by atoms with van der Waals surface area (Å²) in [5, 5.41) is 0. The van der Waals surface area contributed by atoms with Crippen molar-refractivity contribution in [3.8, 4) is 0 Å². The number of amides is 1. The molecule has 0 spiro atoms. The molecule has 104 valence electrons. The second kappa shape index (κ2) is 6.54. The minimum absolute atomic E-state index is 0.255. The van der Waals surface area contributed by atoms with Gasteiger partial charge in [-0.1, -0.05) is 18.2 Å². The third kappa shape index (κ3) is 4.22. The molecule has 1 aromatic rings. The number of hydrogen-bond acceptors (Lipinski definition) is 4. The van der Waals surface area contributed by atoms with Crippen molar-refractivity contribution in [1.82, 2.24) is 4.90 Å². The lowest BCUT2D eigenvalue weighted by atomic mass is 10.1. The third-order valence-corrected chi connectivity index (χ3v) is 3.37. The van der Waals surface area contributed by atoms with Crippen LogP contribution in [0, 0.1) is 5.92 Å². The van der Waals surface area contributed by atoms with Crippen LogP contribution in [-0.4, -0.2) is 37.1 Å². The molecule has 1 aliphatic heterocycles. The molecule has 5 nitrogen and oxygen atoms in total. The van der Waals surface area contributed by atoms with E-state index in [1.54, 1.807) is 0 Å². The largest absolute Gasteiger partial charge is 0.398 e. The fourth-order valence-corrected chi connectivity index (χ4v) is 2.42. The van der Waals surface area contributed by atoms with Crippen molar-refractivity contribution >= 4 is 11.6 Å². The highest BCUT2D eigenvalue weighted by molar-refractivity contribution is 5.75. The van der Waals surface area contributed by atoms with E-state index in [1.807, 2.05) is 29.2 Å². The van der Waals surface area contributed by atoms with Crippen LogP contribution in [0.3, 0.4) is 0 Å². The first kappa shape index (κ1) is 13.8. The van der Waals surface area contributed by atoms with Crippen LogP contribution in [0.5, 0.6) is 0 Å². The summed E-state index contributed by atoms with van der Waals surface area (Å²) >= 11 is 0. The maximum absolute atomic E-state index is 11.2. The predicted molar refractivity (Wildman–Crippen MR) is 74.3 cm³/mol. The second-order valence-corrected chi connectivity index (χ2v) is 5.06. The van der Waals surface area contributed by atoms with Crippen molar-refractivity contribution in [2.45, 2.75) is 13.0 Å². The van der Waals surface area contributed by atoms with Crippen molar-refractivity contribution < 1.29 is 9.53 Å². The molecule has 0 aromatic heterocycles. The van der Waals surface area contributed by atoms with E-state index in [-0.39, 0.29) is 12.5 Å². The summed E-state index contributed by atoms with van der Waals surface area (Å²) in [6, 6.07) is 7.71. The van der Waals surface area contributed by atoms with E-state index in [2.05, 4.69) is 0 Å². The molecule has 2 rings (SSSR count). The normalized spacial score (nSPS) is 18.9. The summed E-state index contributed by atoms with van der Waals surface area (Å²) < 4.78 is 5.37. The van der Waals surface area contributed by atoms with Gasteiger partial charge in [0.15, 0.2) is 0 Å². The van der Waals surface area contributed by atoms with E-state index in [4.69, 9.17) is 16.2 Å². The Morgan fingerprint density at radius 1 is 1.42 bits per heavy atom. The van der Waals surface area contributed by atoms with Gasteiger partial charge in [0.25, 0.3) is 0 Å². The number of nitrogens with two attached hydrogens (primary N) is 2. The zero-order chi connectivity index (χ0) is 13.7. The molecule has 1 heterocycles. The van der Waals surface area contributed by atoms with Crippen LogP contribution in [0.4, 0.5) is 5.69 Å².